The Labute approximate surface area is 177 Å². The number of likely N-dealkylation sites (N-methyl/N-ethyl adjacent to an activating group) is 1. The van der Waals surface area contributed by atoms with Crippen LogP contribution < -0.4 is 10.1 Å². The van der Waals surface area contributed by atoms with E-state index in [-0.39, 0.29) is 18.3 Å². The van der Waals surface area contributed by atoms with E-state index in [0.29, 0.717) is 30.1 Å². The maximum atomic E-state index is 9.79. The first-order valence-corrected chi connectivity index (χ1v) is 10.4. The summed E-state index contributed by atoms with van der Waals surface area (Å²) in [6.07, 6.45) is 6.56. The van der Waals surface area contributed by atoms with Gasteiger partial charge in [-0.3, -0.25) is 4.68 Å². The molecular formula is C21H29N7O2. The highest BCUT2D eigenvalue weighted by Crippen LogP contribution is 2.37. The van der Waals surface area contributed by atoms with E-state index >= 15 is 0 Å². The average Bonchev–Trinajstić information content (AvgIpc) is 3.39. The van der Waals surface area contributed by atoms with Crippen molar-refractivity contribution >= 4 is 11.6 Å². The average molecular weight is 412 g/mol. The second-order valence-corrected chi connectivity index (χ2v) is 8.20. The van der Waals surface area contributed by atoms with Crippen LogP contribution in [-0.2, 0) is 11.8 Å². The number of aromatic nitrogens is 2. The van der Waals surface area contributed by atoms with E-state index in [0.717, 1.165) is 24.3 Å². The molecule has 4 rings (SSSR count). The third-order valence-corrected chi connectivity index (χ3v) is 5.73. The van der Waals surface area contributed by atoms with Crippen LogP contribution in [0.15, 0.2) is 34.7 Å². The molecule has 0 spiro atoms. The molecule has 3 atom stereocenters. The van der Waals surface area contributed by atoms with Crippen LogP contribution in [0.2, 0.25) is 0 Å². The lowest BCUT2D eigenvalue weighted by Crippen LogP contribution is -2.54. The van der Waals surface area contributed by atoms with Gasteiger partial charge in [-0.2, -0.15) is 5.26 Å². The number of anilines is 1. The molecule has 3 aliphatic rings. The summed E-state index contributed by atoms with van der Waals surface area (Å²) in [7, 11) is 3.84. The van der Waals surface area contributed by atoms with Gasteiger partial charge in [0.25, 0.3) is 5.88 Å². The SMILES string of the molecule is CC[C@H]1COCC1N1C(C#N)=CC2=CN=C(Nc3cn(C)nc3OC(C)C)N(C)C21. The second kappa shape index (κ2) is 8.03. The lowest BCUT2D eigenvalue weighted by molar-refractivity contribution is 0.111. The van der Waals surface area contributed by atoms with Gasteiger partial charge in [0, 0.05) is 31.8 Å². The summed E-state index contributed by atoms with van der Waals surface area (Å²) in [6, 6.07) is 2.53. The molecule has 9 nitrogen and oxygen atoms in total. The summed E-state index contributed by atoms with van der Waals surface area (Å²) >= 11 is 0. The van der Waals surface area contributed by atoms with Gasteiger partial charge in [-0.25, -0.2) is 4.99 Å². The van der Waals surface area contributed by atoms with Crippen LogP contribution in [0.1, 0.15) is 27.2 Å². The number of nitrogens with one attached hydrogen (secondary N) is 1. The first kappa shape index (κ1) is 20.3. The van der Waals surface area contributed by atoms with Gasteiger partial charge in [-0.1, -0.05) is 6.92 Å². The molecule has 0 aromatic carbocycles. The van der Waals surface area contributed by atoms with Crippen molar-refractivity contribution in [2.24, 2.45) is 18.0 Å². The Bertz CT molecular complexity index is 940. The number of allylic oxidation sites excluding steroid dienone is 1. The normalized spacial score (nSPS) is 25.6. The Morgan fingerprint density at radius 2 is 2.17 bits per heavy atom. The fourth-order valence-corrected chi connectivity index (χ4v) is 4.30. The van der Waals surface area contributed by atoms with Gasteiger partial charge < -0.3 is 24.6 Å². The molecule has 1 aromatic rings. The van der Waals surface area contributed by atoms with Gasteiger partial charge >= 0.3 is 0 Å². The van der Waals surface area contributed by atoms with E-state index in [9.17, 15) is 5.26 Å². The number of aryl methyl sites for hydroxylation is 1. The standard InChI is InChI=1S/C21H29N7O2/c1-6-14-11-29-12-18(14)28-16(8-22)7-15-9-23-21(27(5)20(15)28)24-17-10-26(4)25-19(17)30-13(2)3/h7,9-10,13-14,18,20H,6,11-12H2,1-5H3,(H,23,24)/t14-,18?,20?/m0/s1. The highest BCUT2D eigenvalue weighted by Gasteiger charge is 2.44. The Morgan fingerprint density at radius 3 is 2.87 bits per heavy atom. The highest BCUT2D eigenvalue weighted by atomic mass is 16.5. The molecule has 0 amide bonds. The summed E-state index contributed by atoms with van der Waals surface area (Å²) < 4.78 is 13.3. The van der Waals surface area contributed by atoms with Crippen LogP contribution in [0.3, 0.4) is 0 Å². The largest absolute Gasteiger partial charge is 0.472 e. The van der Waals surface area contributed by atoms with Crippen LogP contribution in [0.4, 0.5) is 5.69 Å². The summed E-state index contributed by atoms with van der Waals surface area (Å²) in [5.41, 5.74) is 2.42. The quantitative estimate of drug-likeness (QED) is 0.795. The van der Waals surface area contributed by atoms with Crippen molar-refractivity contribution in [3.63, 3.8) is 0 Å². The zero-order valence-corrected chi connectivity index (χ0v) is 18.2. The predicted octanol–water partition coefficient (Wildman–Crippen LogP) is 2.28. The van der Waals surface area contributed by atoms with Gasteiger partial charge in [0.2, 0.25) is 5.96 Å². The minimum atomic E-state index is -0.105. The summed E-state index contributed by atoms with van der Waals surface area (Å²) in [5.74, 6) is 1.61. The van der Waals surface area contributed by atoms with E-state index in [2.05, 4.69) is 38.2 Å². The third-order valence-electron chi connectivity index (χ3n) is 5.73. The summed E-state index contributed by atoms with van der Waals surface area (Å²) in [4.78, 5) is 8.87. The lowest BCUT2D eigenvalue weighted by atomic mass is 9.98. The topological polar surface area (TPSA) is 90.9 Å². The monoisotopic (exact) mass is 411 g/mol. The first-order chi connectivity index (χ1) is 14.4. The molecule has 0 aliphatic carbocycles. The van der Waals surface area contributed by atoms with E-state index < -0.39 is 0 Å². The molecule has 1 N–H and O–H groups in total. The van der Waals surface area contributed by atoms with Crippen molar-refractivity contribution in [2.75, 3.05) is 25.6 Å². The van der Waals surface area contributed by atoms with Crippen molar-refractivity contribution in [3.05, 3.63) is 29.7 Å². The molecule has 2 unspecified atom stereocenters. The smallest absolute Gasteiger partial charge is 0.257 e. The molecule has 4 heterocycles. The molecule has 0 saturated carbocycles. The number of hydrogen-bond donors (Lipinski definition) is 1. The van der Waals surface area contributed by atoms with Gasteiger partial charge in [0.15, 0.2) is 0 Å². The Morgan fingerprint density at radius 1 is 1.37 bits per heavy atom. The number of hydrogen-bond acceptors (Lipinski definition) is 8. The second-order valence-electron chi connectivity index (χ2n) is 8.20. The van der Waals surface area contributed by atoms with Gasteiger partial charge in [0.05, 0.1) is 31.6 Å². The van der Waals surface area contributed by atoms with E-state index in [1.54, 1.807) is 4.68 Å². The van der Waals surface area contributed by atoms with Crippen LogP contribution in [0.5, 0.6) is 5.88 Å². The molecule has 160 valence electrons. The van der Waals surface area contributed by atoms with Crippen LogP contribution in [0.25, 0.3) is 0 Å². The molecule has 3 aliphatic heterocycles. The van der Waals surface area contributed by atoms with Gasteiger partial charge in [-0.15, -0.1) is 5.10 Å². The maximum Gasteiger partial charge on any atom is 0.257 e. The molecule has 0 radical (unpaired) electrons. The minimum Gasteiger partial charge on any atom is -0.472 e. The predicted molar refractivity (Wildman–Crippen MR) is 114 cm³/mol. The van der Waals surface area contributed by atoms with Gasteiger partial charge in [0.1, 0.15) is 23.6 Å². The number of nitriles is 1. The molecule has 30 heavy (non-hydrogen) atoms. The number of aliphatic imine (C=N–C) groups is 1. The zero-order valence-electron chi connectivity index (χ0n) is 18.2. The fourth-order valence-electron chi connectivity index (χ4n) is 4.30. The number of nitrogens with zero attached hydrogens (tertiary/aromatic N) is 6. The number of fused-ring (bicyclic) bond motifs is 1. The van der Waals surface area contributed by atoms with Crippen LogP contribution in [0, 0.1) is 17.2 Å². The first-order valence-electron chi connectivity index (χ1n) is 10.4. The van der Waals surface area contributed by atoms with Gasteiger partial charge in [-0.05, 0) is 26.3 Å². The molecule has 0 bridgehead atoms. The Hall–Kier alpha value is -2.99. The Balaban J connectivity index is 1.62. The molecule has 1 aromatic heterocycles. The lowest BCUT2D eigenvalue weighted by Gasteiger charge is -2.42. The van der Waals surface area contributed by atoms with Crippen molar-refractivity contribution in [1.29, 1.82) is 5.26 Å². The number of rotatable bonds is 5. The van der Waals surface area contributed by atoms with Crippen molar-refractivity contribution in [2.45, 2.75) is 45.5 Å². The van der Waals surface area contributed by atoms with E-state index in [4.69, 9.17) is 9.47 Å². The molecular weight excluding hydrogens is 382 g/mol. The van der Waals surface area contributed by atoms with Crippen molar-refractivity contribution in [1.82, 2.24) is 19.6 Å². The minimum absolute atomic E-state index is 0.0130. The molecule has 1 fully saturated rings. The molecule has 9 heteroatoms. The third kappa shape index (κ3) is 3.52. The van der Waals surface area contributed by atoms with E-state index in [1.165, 1.54) is 0 Å². The molecule has 1 saturated heterocycles. The van der Waals surface area contributed by atoms with Crippen LogP contribution >= 0.6 is 0 Å². The fraction of sp³-hybridized carbons (Fsp3) is 0.571. The summed E-state index contributed by atoms with van der Waals surface area (Å²) in [5, 5.41) is 17.5. The Kier molecular flexibility index (Phi) is 5.43. The van der Waals surface area contributed by atoms with Crippen LogP contribution in [-0.4, -0.2) is 64.1 Å². The summed E-state index contributed by atoms with van der Waals surface area (Å²) in [6.45, 7) is 7.47. The highest BCUT2D eigenvalue weighted by molar-refractivity contribution is 5.96. The van der Waals surface area contributed by atoms with E-state index in [1.807, 2.05) is 46.4 Å². The zero-order chi connectivity index (χ0) is 21.4. The van der Waals surface area contributed by atoms with Crippen molar-refractivity contribution < 1.29 is 9.47 Å². The number of ether oxygens (including phenoxy) is 2. The number of guanidine groups is 1. The van der Waals surface area contributed by atoms with Crippen molar-refractivity contribution in [3.8, 4) is 11.9 Å². The maximum absolute atomic E-state index is 9.79.